The summed E-state index contributed by atoms with van der Waals surface area (Å²) in [4.78, 5) is 52.1. The van der Waals surface area contributed by atoms with Gasteiger partial charge >= 0.3 is 7.12 Å². The molecule has 2 amide bonds. The van der Waals surface area contributed by atoms with E-state index < -0.39 is 13.1 Å². The molecule has 11 nitrogen and oxygen atoms in total. The van der Waals surface area contributed by atoms with Crippen molar-refractivity contribution in [2.24, 2.45) is 0 Å². The fourth-order valence-electron chi connectivity index (χ4n) is 4.23. The van der Waals surface area contributed by atoms with Gasteiger partial charge in [-0.25, -0.2) is 0 Å². The number of hydrogen-bond donors (Lipinski definition) is 3. The summed E-state index contributed by atoms with van der Waals surface area (Å²) in [6, 6.07) is 11.8. The Morgan fingerprint density at radius 3 is 2.05 bits per heavy atom. The quantitative estimate of drug-likeness (QED) is 0.155. The SMILES string of the molecule is O=C(CCCCCN(Cc1ccccn1)Cc1ccccn1)NCC(=O)N1CCCC1B(O)O.[C-]=O.[C-]=O.[CH3-].[Re]. The Morgan fingerprint density at radius 1 is 0.975 bits per heavy atom. The second-order valence-electron chi connectivity index (χ2n) is 8.65. The molecule has 1 aliphatic rings. The van der Waals surface area contributed by atoms with Crippen LogP contribution in [0.5, 0.6) is 0 Å². The number of carbonyl (C=O) groups is 2. The first-order chi connectivity index (χ1) is 18.5. The number of amides is 2. The summed E-state index contributed by atoms with van der Waals surface area (Å²) in [5.41, 5.74) is 2.02. The van der Waals surface area contributed by atoms with Crippen LogP contribution in [0.2, 0.25) is 0 Å². The molecular formula is C27H37BN5O6Re-3. The topological polar surface area (TPSA) is 153 Å². The van der Waals surface area contributed by atoms with Crippen LogP contribution in [0, 0.1) is 7.43 Å². The van der Waals surface area contributed by atoms with E-state index in [4.69, 9.17) is 9.59 Å². The molecule has 2 aromatic heterocycles. The van der Waals surface area contributed by atoms with Gasteiger partial charge in [0.25, 0.3) is 0 Å². The zero-order valence-corrected chi connectivity index (χ0v) is 25.5. The minimum atomic E-state index is -1.54. The summed E-state index contributed by atoms with van der Waals surface area (Å²) in [5, 5.41) is 21.4. The van der Waals surface area contributed by atoms with Crippen molar-refractivity contribution in [3.8, 4) is 0 Å². The molecule has 219 valence electrons. The predicted octanol–water partition coefficient (Wildman–Crippen LogP) is 0.812. The maximum absolute atomic E-state index is 12.3. The third kappa shape index (κ3) is 15.1. The number of rotatable bonds is 13. The smallest absolute Gasteiger partial charge is 0.475 e. The summed E-state index contributed by atoms with van der Waals surface area (Å²) in [6.45, 7) is 11.7. The molecule has 40 heavy (non-hydrogen) atoms. The molecule has 0 saturated carbocycles. The average molecular weight is 725 g/mol. The maximum Gasteiger partial charge on any atom is 0.475 e. The summed E-state index contributed by atoms with van der Waals surface area (Å²) in [6.07, 6.45) is 7.83. The molecule has 3 radical (unpaired) electrons. The Labute approximate surface area is 251 Å². The van der Waals surface area contributed by atoms with Crippen molar-refractivity contribution in [3.63, 3.8) is 0 Å². The van der Waals surface area contributed by atoms with Crippen LogP contribution in [-0.2, 0) is 52.7 Å². The van der Waals surface area contributed by atoms with Gasteiger partial charge in [-0.05, 0) is 56.5 Å². The first kappa shape index (κ1) is 39.3. The second kappa shape index (κ2) is 24.0. The van der Waals surface area contributed by atoms with E-state index in [1.165, 1.54) is 4.90 Å². The minimum absolute atomic E-state index is 0. The van der Waals surface area contributed by atoms with Gasteiger partial charge in [-0.15, -0.1) is 0 Å². The van der Waals surface area contributed by atoms with E-state index in [-0.39, 0.29) is 46.2 Å². The fraction of sp³-hybridized carbons (Fsp3) is 0.444. The molecule has 2 aromatic rings. The van der Waals surface area contributed by atoms with Crippen molar-refractivity contribution in [1.82, 2.24) is 25.1 Å². The van der Waals surface area contributed by atoms with Crippen LogP contribution in [0.4, 0.5) is 0 Å². The molecule has 0 spiro atoms. The molecule has 13 heteroatoms. The van der Waals surface area contributed by atoms with Gasteiger partial charge in [0, 0.05) is 58.9 Å². The van der Waals surface area contributed by atoms with Crippen LogP contribution >= 0.6 is 0 Å². The molecule has 1 fully saturated rings. The van der Waals surface area contributed by atoms with Gasteiger partial charge in [-0.2, -0.15) is 0 Å². The van der Waals surface area contributed by atoms with Gasteiger partial charge in [-0.1, -0.05) is 18.6 Å². The normalized spacial score (nSPS) is 13.4. The van der Waals surface area contributed by atoms with E-state index in [0.29, 0.717) is 19.4 Å². The Hall–Kier alpha value is -2.81. The molecule has 3 N–H and O–H groups in total. The third-order valence-electron chi connectivity index (χ3n) is 6.00. The number of likely N-dealkylation sites (tertiary alicyclic amines) is 1. The summed E-state index contributed by atoms with van der Waals surface area (Å²) in [7, 11) is -1.54. The number of nitrogens with zero attached hydrogens (tertiary/aromatic N) is 4. The van der Waals surface area contributed by atoms with E-state index in [0.717, 1.165) is 56.7 Å². The van der Waals surface area contributed by atoms with E-state index in [1.807, 2.05) is 36.4 Å². The van der Waals surface area contributed by atoms with Crippen LogP contribution < -0.4 is 5.32 Å². The van der Waals surface area contributed by atoms with Crippen LogP contribution in [0.1, 0.15) is 49.9 Å². The second-order valence-corrected chi connectivity index (χ2v) is 8.65. The van der Waals surface area contributed by atoms with Gasteiger partial charge < -0.3 is 50.9 Å². The van der Waals surface area contributed by atoms with Crippen LogP contribution in [-0.4, -0.2) is 87.9 Å². The van der Waals surface area contributed by atoms with E-state index in [1.54, 1.807) is 12.4 Å². The molecule has 0 aromatic carbocycles. The number of hydrogen-bond acceptors (Lipinski definition) is 9. The van der Waals surface area contributed by atoms with Crippen LogP contribution in [0.3, 0.4) is 0 Å². The fourth-order valence-corrected chi connectivity index (χ4v) is 4.23. The van der Waals surface area contributed by atoms with Crippen molar-refractivity contribution < 1.29 is 49.6 Å². The van der Waals surface area contributed by atoms with Gasteiger partial charge in [0.2, 0.25) is 11.8 Å². The van der Waals surface area contributed by atoms with E-state index in [2.05, 4.69) is 33.8 Å². The molecule has 1 aliphatic heterocycles. The van der Waals surface area contributed by atoms with Gasteiger partial charge in [0.1, 0.15) is 0 Å². The first-order valence-electron chi connectivity index (χ1n) is 12.4. The molecular weight excluding hydrogens is 687 g/mol. The largest absolute Gasteiger partial charge is 0.573 e. The minimum Gasteiger partial charge on any atom is -0.573 e. The molecule has 0 aliphatic carbocycles. The molecule has 1 unspecified atom stereocenters. The molecule has 1 atom stereocenters. The van der Waals surface area contributed by atoms with Gasteiger partial charge in [0.05, 0.1) is 23.9 Å². The maximum atomic E-state index is 12.3. The first-order valence-corrected chi connectivity index (χ1v) is 12.4. The summed E-state index contributed by atoms with van der Waals surface area (Å²) >= 11 is 0. The number of nitrogens with one attached hydrogen (secondary N) is 1. The number of aromatic nitrogens is 2. The zero-order valence-electron chi connectivity index (χ0n) is 22.7. The Kier molecular flexibility index (Phi) is 23.6. The van der Waals surface area contributed by atoms with Crippen LogP contribution in [0.25, 0.3) is 0 Å². The van der Waals surface area contributed by atoms with Gasteiger partial charge in [-0.3, -0.25) is 24.5 Å². The molecule has 0 bridgehead atoms. The Balaban J connectivity index is 0. The summed E-state index contributed by atoms with van der Waals surface area (Å²) < 4.78 is 0. The molecule has 3 heterocycles. The monoisotopic (exact) mass is 725 g/mol. The van der Waals surface area contributed by atoms with Crippen LogP contribution in [0.15, 0.2) is 48.8 Å². The Bertz CT molecular complexity index is 889. The summed E-state index contributed by atoms with van der Waals surface area (Å²) in [5.74, 6) is -1.01. The number of carbonyl (C=O) groups excluding carboxylic acids is 4. The van der Waals surface area contributed by atoms with Crippen molar-refractivity contribution in [2.75, 3.05) is 19.6 Å². The standard InChI is InChI=1S/C24H34BN5O4.2CO.CH3.Re/c31-23(28-17-24(32)30-16-8-11-22(30)25(33)34)12-2-1-7-15-29(18-20-9-3-5-13-26-20)19-21-10-4-6-14-27-21;2*1-2;;/h3-6,9-10,13-14,22,33-34H,1-2,7-8,11-12,15-19H2,(H,28,31);;;1H3;/q;3*-1;. The van der Waals surface area contributed by atoms with Crippen molar-refractivity contribution in [3.05, 3.63) is 67.6 Å². The number of pyridine rings is 2. The van der Waals surface area contributed by atoms with E-state index in [9.17, 15) is 19.6 Å². The zero-order chi connectivity index (χ0) is 28.2. The molecule has 1 saturated heterocycles. The van der Waals surface area contributed by atoms with Crippen molar-refractivity contribution in [2.45, 2.75) is 57.6 Å². The third-order valence-corrected chi connectivity index (χ3v) is 6.00. The van der Waals surface area contributed by atoms with E-state index >= 15 is 0 Å². The molecule has 3 rings (SSSR count). The van der Waals surface area contributed by atoms with Crippen molar-refractivity contribution in [1.29, 1.82) is 0 Å². The predicted molar refractivity (Wildman–Crippen MR) is 147 cm³/mol. The van der Waals surface area contributed by atoms with Crippen molar-refractivity contribution >= 4 is 32.5 Å². The number of unbranched alkanes of at least 4 members (excludes halogenated alkanes) is 2. The van der Waals surface area contributed by atoms with Gasteiger partial charge in [0.15, 0.2) is 0 Å². The average Bonchev–Trinajstić information content (AvgIpc) is 3.46. The Morgan fingerprint density at radius 2 is 1.55 bits per heavy atom.